The second-order valence-corrected chi connectivity index (χ2v) is 6.63. The van der Waals surface area contributed by atoms with E-state index in [1.165, 1.54) is 12.1 Å². The number of benzene rings is 3. The van der Waals surface area contributed by atoms with Crippen molar-refractivity contribution in [1.82, 2.24) is 0 Å². The third kappa shape index (κ3) is 6.92. The quantitative estimate of drug-likeness (QED) is 0.463. The van der Waals surface area contributed by atoms with Gasteiger partial charge < -0.3 is 14.6 Å². The third-order valence-corrected chi connectivity index (χ3v) is 4.19. The molecule has 0 unspecified atom stereocenters. The molecule has 0 heterocycles. The van der Waals surface area contributed by atoms with Crippen LogP contribution in [0.3, 0.4) is 0 Å². The zero-order chi connectivity index (χ0) is 22.3. The van der Waals surface area contributed by atoms with Gasteiger partial charge in [0.1, 0.15) is 23.9 Å². The Morgan fingerprint density at radius 2 is 1.55 bits per heavy atom. The number of ether oxygens (including phenoxy) is 2. The molecule has 31 heavy (non-hydrogen) atoms. The summed E-state index contributed by atoms with van der Waals surface area (Å²) in [6.07, 6.45) is -1.07. The Hall–Kier alpha value is -3.74. The van der Waals surface area contributed by atoms with E-state index in [4.69, 9.17) is 14.6 Å². The fraction of sp³-hybridized carbons (Fsp3) is 0.125. The van der Waals surface area contributed by atoms with Crippen molar-refractivity contribution >= 4 is 12.0 Å². The molecule has 7 heteroatoms. The van der Waals surface area contributed by atoms with Gasteiger partial charge in [-0.2, -0.15) is 13.2 Å². The maximum Gasteiger partial charge on any atom is 0.416 e. The van der Waals surface area contributed by atoms with Crippen LogP contribution in [0.2, 0.25) is 0 Å². The first-order chi connectivity index (χ1) is 14.8. The summed E-state index contributed by atoms with van der Waals surface area (Å²) >= 11 is 0. The van der Waals surface area contributed by atoms with Crippen LogP contribution in [-0.4, -0.2) is 17.7 Å². The third-order valence-electron chi connectivity index (χ3n) is 4.19. The average Bonchev–Trinajstić information content (AvgIpc) is 2.71. The predicted molar refractivity (Wildman–Crippen MR) is 110 cm³/mol. The molecule has 3 aromatic rings. The summed E-state index contributed by atoms with van der Waals surface area (Å²) in [5.41, 5.74) is 0.576. The van der Waals surface area contributed by atoms with Gasteiger partial charge in [0.25, 0.3) is 0 Å². The summed E-state index contributed by atoms with van der Waals surface area (Å²) < 4.78 is 49.2. The Labute approximate surface area is 177 Å². The molecule has 0 bridgehead atoms. The second-order valence-electron chi connectivity index (χ2n) is 6.63. The number of halogens is 3. The number of rotatable bonds is 8. The maximum absolute atomic E-state index is 12.6. The van der Waals surface area contributed by atoms with Crippen LogP contribution in [0, 0.1) is 0 Å². The number of carboxylic acid groups (broad SMARTS) is 1. The molecule has 3 aromatic carbocycles. The molecule has 0 atom stereocenters. The average molecular weight is 428 g/mol. The number of aliphatic carboxylic acids is 1. The molecule has 0 radical (unpaired) electrons. The van der Waals surface area contributed by atoms with Crippen molar-refractivity contribution in [2.75, 3.05) is 6.61 Å². The minimum atomic E-state index is -4.35. The molecular formula is C24H19F3O4. The van der Waals surface area contributed by atoms with Gasteiger partial charge in [0.2, 0.25) is 0 Å². The molecule has 3 rings (SSSR count). The number of alkyl halides is 3. The normalized spacial score (nSPS) is 11.5. The van der Waals surface area contributed by atoms with E-state index in [-0.39, 0.29) is 13.0 Å². The van der Waals surface area contributed by atoms with Gasteiger partial charge in [-0.15, -0.1) is 0 Å². The Bertz CT molecular complexity index is 1060. The molecule has 0 saturated carbocycles. The van der Waals surface area contributed by atoms with E-state index < -0.39 is 17.7 Å². The second kappa shape index (κ2) is 9.84. The lowest BCUT2D eigenvalue weighted by atomic mass is 10.1. The van der Waals surface area contributed by atoms with Crippen LogP contribution < -0.4 is 9.47 Å². The van der Waals surface area contributed by atoms with E-state index in [1.807, 2.05) is 0 Å². The van der Waals surface area contributed by atoms with Crippen LogP contribution in [0.1, 0.15) is 16.7 Å². The first-order valence-corrected chi connectivity index (χ1v) is 9.35. The maximum atomic E-state index is 12.6. The Morgan fingerprint density at radius 3 is 2.23 bits per heavy atom. The molecule has 0 aliphatic carbocycles. The van der Waals surface area contributed by atoms with E-state index in [0.717, 1.165) is 12.1 Å². The molecule has 160 valence electrons. The van der Waals surface area contributed by atoms with Crippen molar-refractivity contribution in [3.8, 4) is 17.2 Å². The number of carbonyl (C=O) groups is 1. The zero-order valence-electron chi connectivity index (χ0n) is 16.3. The van der Waals surface area contributed by atoms with Gasteiger partial charge in [-0.05, 0) is 53.6 Å². The van der Waals surface area contributed by atoms with Crippen LogP contribution in [0.4, 0.5) is 13.2 Å². The van der Waals surface area contributed by atoms with E-state index in [0.29, 0.717) is 28.4 Å². The molecular weight excluding hydrogens is 409 g/mol. The van der Waals surface area contributed by atoms with Gasteiger partial charge in [0.05, 0.1) is 12.0 Å². The van der Waals surface area contributed by atoms with Crippen LogP contribution in [0.5, 0.6) is 17.2 Å². The first kappa shape index (κ1) is 22.0. The molecule has 0 amide bonds. The number of carboxylic acids is 1. The monoisotopic (exact) mass is 428 g/mol. The van der Waals surface area contributed by atoms with E-state index in [1.54, 1.807) is 60.7 Å². The topological polar surface area (TPSA) is 55.8 Å². The summed E-state index contributed by atoms with van der Waals surface area (Å²) in [5.74, 6) is 0.669. The van der Waals surface area contributed by atoms with Crippen molar-refractivity contribution in [2.24, 2.45) is 0 Å². The van der Waals surface area contributed by atoms with Crippen LogP contribution in [0.15, 0.2) is 78.9 Å². The summed E-state index contributed by atoms with van der Waals surface area (Å²) in [7, 11) is 0. The zero-order valence-corrected chi connectivity index (χ0v) is 16.3. The van der Waals surface area contributed by atoms with Crippen molar-refractivity contribution in [1.29, 1.82) is 0 Å². The molecule has 0 fully saturated rings. The molecule has 0 saturated heterocycles. The lowest BCUT2D eigenvalue weighted by Gasteiger charge is -2.09. The van der Waals surface area contributed by atoms with E-state index in [2.05, 4.69) is 0 Å². The fourth-order valence-electron chi connectivity index (χ4n) is 2.77. The molecule has 0 aromatic heterocycles. The Balaban J connectivity index is 1.56. The minimum Gasteiger partial charge on any atom is -0.489 e. The van der Waals surface area contributed by atoms with Gasteiger partial charge >= 0.3 is 12.1 Å². The minimum absolute atomic E-state index is 0.0916. The summed E-state index contributed by atoms with van der Waals surface area (Å²) in [5, 5.41) is 8.90. The summed E-state index contributed by atoms with van der Waals surface area (Å²) in [6, 6.07) is 18.6. The first-order valence-electron chi connectivity index (χ1n) is 9.35. The van der Waals surface area contributed by atoms with E-state index in [9.17, 15) is 18.0 Å². The van der Waals surface area contributed by atoms with Crippen LogP contribution >= 0.6 is 0 Å². The highest BCUT2D eigenvalue weighted by Crippen LogP contribution is 2.29. The molecule has 0 aliphatic heterocycles. The predicted octanol–water partition coefficient (Wildman–Crippen LogP) is 6.22. The fourth-order valence-corrected chi connectivity index (χ4v) is 2.77. The number of hydrogen-bond donors (Lipinski definition) is 1. The van der Waals surface area contributed by atoms with E-state index >= 15 is 0 Å². The van der Waals surface area contributed by atoms with Crippen molar-refractivity contribution in [3.05, 3.63) is 95.6 Å². The lowest BCUT2D eigenvalue weighted by molar-refractivity contribution is -0.138. The Kier molecular flexibility index (Phi) is 6.97. The van der Waals surface area contributed by atoms with Gasteiger partial charge in [-0.3, -0.25) is 4.79 Å². The Morgan fingerprint density at radius 1 is 0.903 bits per heavy atom. The molecule has 0 spiro atoms. The standard InChI is InChI=1S/C24H19F3O4/c25-24(26,27)19-11-9-17(10-12-19)5-3-13-30-20-6-2-8-22(16-20)31-21-7-1-4-18(14-21)15-23(28)29/h1-12,14,16H,13,15H2,(H,28,29). The molecule has 1 N–H and O–H groups in total. The summed E-state index contributed by atoms with van der Waals surface area (Å²) in [6.45, 7) is 0.221. The summed E-state index contributed by atoms with van der Waals surface area (Å²) in [4.78, 5) is 10.8. The van der Waals surface area contributed by atoms with Gasteiger partial charge in [-0.25, -0.2) is 0 Å². The van der Waals surface area contributed by atoms with Gasteiger partial charge in [0, 0.05) is 6.07 Å². The van der Waals surface area contributed by atoms with Crippen molar-refractivity contribution in [3.63, 3.8) is 0 Å². The molecule has 4 nitrogen and oxygen atoms in total. The van der Waals surface area contributed by atoms with Crippen molar-refractivity contribution in [2.45, 2.75) is 12.6 Å². The largest absolute Gasteiger partial charge is 0.489 e. The van der Waals surface area contributed by atoms with Crippen molar-refractivity contribution < 1.29 is 32.5 Å². The highest BCUT2D eigenvalue weighted by Gasteiger charge is 2.29. The van der Waals surface area contributed by atoms with Crippen LogP contribution in [-0.2, 0) is 17.4 Å². The smallest absolute Gasteiger partial charge is 0.416 e. The lowest BCUT2D eigenvalue weighted by Crippen LogP contribution is -2.03. The highest BCUT2D eigenvalue weighted by molar-refractivity contribution is 5.70. The highest BCUT2D eigenvalue weighted by atomic mass is 19.4. The molecule has 0 aliphatic rings. The van der Waals surface area contributed by atoms with Crippen LogP contribution in [0.25, 0.3) is 6.08 Å². The van der Waals surface area contributed by atoms with Gasteiger partial charge in [0.15, 0.2) is 0 Å². The SMILES string of the molecule is O=C(O)Cc1cccc(Oc2cccc(OCC=Cc3ccc(C(F)(F)F)cc3)c2)c1. The number of hydrogen-bond acceptors (Lipinski definition) is 3. The van der Waals surface area contributed by atoms with Gasteiger partial charge in [-0.1, -0.05) is 36.4 Å².